The second kappa shape index (κ2) is 21.6. The van der Waals surface area contributed by atoms with Gasteiger partial charge in [-0.05, 0) is 44.9 Å². The summed E-state index contributed by atoms with van der Waals surface area (Å²) in [4.78, 5) is 12.0. The summed E-state index contributed by atoms with van der Waals surface area (Å²) in [7, 11) is 0. The van der Waals surface area contributed by atoms with Gasteiger partial charge in [0.2, 0.25) is 5.91 Å². The van der Waals surface area contributed by atoms with Crippen molar-refractivity contribution in [2.45, 2.75) is 122 Å². The van der Waals surface area contributed by atoms with Crippen molar-refractivity contribution in [3.8, 4) is 0 Å². The van der Waals surface area contributed by atoms with Gasteiger partial charge in [0.15, 0.2) is 0 Å². The van der Waals surface area contributed by atoms with E-state index in [2.05, 4.69) is 31.3 Å². The van der Waals surface area contributed by atoms with E-state index >= 15 is 0 Å². The molecule has 0 aliphatic rings. The molecular formula is C25H47NO3. The molecule has 0 aromatic rings. The Morgan fingerprint density at radius 3 is 1.90 bits per heavy atom. The average Bonchev–Trinajstić information content (AvgIpc) is 2.72. The molecule has 2 unspecified atom stereocenters. The molecule has 4 nitrogen and oxygen atoms in total. The number of unbranched alkanes of at least 4 members (excludes halogenated alkanes) is 11. The van der Waals surface area contributed by atoms with Crippen molar-refractivity contribution in [2.24, 2.45) is 0 Å². The highest BCUT2D eigenvalue weighted by molar-refractivity contribution is 5.76. The van der Waals surface area contributed by atoms with Gasteiger partial charge in [-0.25, -0.2) is 0 Å². The van der Waals surface area contributed by atoms with E-state index in [0.717, 1.165) is 38.5 Å². The lowest BCUT2D eigenvalue weighted by molar-refractivity contribution is -0.123. The third-order valence-electron chi connectivity index (χ3n) is 5.18. The lowest BCUT2D eigenvalue weighted by atomic mass is 10.1. The second-order valence-corrected chi connectivity index (χ2v) is 8.04. The van der Waals surface area contributed by atoms with Crippen molar-refractivity contribution in [1.82, 2.24) is 5.32 Å². The zero-order valence-electron chi connectivity index (χ0n) is 19.1. The van der Waals surface area contributed by atoms with Gasteiger partial charge in [-0.1, -0.05) is 83.1 Å². The van der Waals surface area contributed by atoms with Crippen LogP contribution in [0.25, 0.3) is 0 Å². The number of amides is 1. The van der Waals surface area contributed by atoms with Gasteiger partial charge in [0.05, 0.1) is 18.8 Å². The van der Waals surface area contributed by atoms with Gasteiger partial charge < -0.3 is 15.5 Å². The average molecular weight is 410 g/mol. The Labute approximate surface area is 179 Å². The fraction of sp³-hybridized carbons (Fsp3) is 0.800. The maximum Gasteiger partial charge on any atom is 0.220 e. The molecular weight excluding hydrogens is 362 g/mol. The van der Waals surface area contributed by atoms with Gasteiger partial charge in [0, 0.05) is 6.42 Å². The summed E-state index contributed by atoms with van der Waals surface area (Å²) in [5.74, 6) is -0.0857. The molecule has 0 fully saturated rings. The normalized spacial score (nSPS) is 13.9. The summed E-state index contributed by atoms with van der Waals surface area (Å²) >= 11 is 0. The Bertz CT molecular complexity index is 420. The van der Waals surface area contributed by atoms with E-state index in [1.165, 1.54) is 51.4 Å². The molecule has 2 atom stereocenters. The molecule has 29 heavy (non-hydrogen) atoms. The van der Waals surface area contributed by atoms with Crippen molar-refractivity contribution in [2.75, 3.05) is 6.61 Å². The minimum absolute atomic E-state index is 0.0857. The van der Waals surface area contributed by atoms with Crippen LogP contribution in [0.2, 0.25) is 0 Å². The van der Waals surface area contributed by atoms with Crippen molar-refractivity contribution >= 4 is 5.91 Å². The first kappa shape index (κ1) is 27.9. The Hall–Kier alpha value is -1.13. The van der Waals surface area contributed by atoms with Gasteiger partial charge in [-0.2, -0.15) is 0 Å². The van der Waals surface area contributed by atoms with Crippen LogP contribution in [-0.4, -0.2) is 34.9 Å². The summed E-state index contributed by atoms with van der Waals surface area (Å²) in [6, 6.07) is -0.617. The third kappa shape index (κ3) is 18.6. The molecule has 0 aromatic heterocycles. The summed E-state index contributed by atoms with van der Waals surface area (Å²) < 4.78 is 0. The van der Waals surface area contributed by atoms with E-state index in [9.17, 15) is 15.0 Å². The summed E-state index contributed by atoms with van der Waals surface area (Å²) in [5.41, 5.74) is 0. The van der Waals surface area contributed by atoms with E-state index in [-0.39, 0.29) is 12.5 Å². The Morgan fingerprint density at radius 1 is 0.793 bits per heavy atom. The molecule has 0 rings (SSSR count). The van der Waals surface area contributed by atoms with Crippen molar-refractivity contribution in [3.63, 3.8) is 0 Å². The van der Waals surface area contributed by atoms with Crippen LogP contribution in [0, 0.1) is 0 Å². The van der Waals surface area contributed by atoms with Crippen LogP contribution in [0.5, 0.6) is 0 Å². The smallest absolute Gasteiger partial charge is 0.220 e. The number of hydrogen-bond acceptors (Lipinski definition) is 3. The SMILES string of the molecule is CCCCC/C=C\CCCCCCCC(=O)NC(CO)C(O)/C=C/CCCCC. The molecule has 1 amide bonds. The monoisotopic (exact) mass is 409 g/mol. The number of allylic oxidation sites excluding steroid dienone is 3. The molecule has 4 heteroatoms. The number of hydrogen-bond donors (Lipinski definition) is 3. The number of aliphatic hydroxyl groups is 2. The molecule has 3 N–H and O–H groups in total. The molecule has 0 aliphatic carbocycles. The van der Waals surface area contributed by atoms with Crippen LogP contribution >= 0.6 is 0 Å². The van der Waals surface area contributed by atoms with Gasteiger partial charge in [-0.15, -0.1) is 0 Å². The summed E-state index contributed by atoms with van der Waals surface area (Å²) in [6.45, 7) is 4.14. The van der Waals surface area contributed by atoms with Gasteiger partial charge >= 0.3 is 0 Å². The molecule has 0 radical (unpaired) electrons. The zero-order chi connectivity index (χ0) is 21.6. The van der Waals surface area contributed by atoms with Crippen LogP contribution in [0.3, 0.4) is 0 Å². The molecule has 0 heterocycles. The highest BCUT2D eigenvalue weighted by Crippen LogP contribution is 2.09. The van der Waals surface area contributed by atoms with Crippen LogP contribution in [0.1, 0.15) is 110 Å². The zero-order valence-corrected chi connectivity index (χ0v) is 19.1. The molecule has 0 aliphatic heterocycles. The second-order valence-electron chi connectivity index (χ2n) is 8.04. The number of rotatable bonds is 20. The first-order chi connectivity index (χ1) is 14.2. The molecule has 0 saturated heterocycles. The van der Waals surface area contributed by atoms with E-state index in [4.69, 9.17) is 0 Å². The standard InChI is InChI=1S/C25H47NO3/c1-3-5-7-9-10-11-12-13-14-15-17-19-21-25(29)26-23(22-27)24(28)20-18-16-8-6-4-2/h10-11,18,20,23-24,27-28H,3-9,12-17,19,21-22H2,1-2H3,(H,26,29)/b11-10-,20-18+. The number of aliphatic hydroxyl groups excluding tert-OH is 2. The van der Waals surface area contributed by atoms with E-state index in [0.29, 0.717) is 6.42 Å². The van der Waals surface area contributed by atoms with Crippen LogP contribution < -0.4 is 5.32 Å². The Kier molecular flexibility index (Phi) is 20.7. The predicted octanol–water partition coefficient (Wildman–Crippen LogP) is 5.83. The predicted molar refractivity (Wildman–Crippen MR) is 124 cm³/mol. The molecule has 0 spiro atoms. The molecule has 0 bridgehead atoms. The first-order valence-corrected chi connectivity index (χ1v) is 12.1. The summed E-state index contributed by atoms with van der Waals surface area (Å²) in [6.07, 6.45) is 24.0. The number of carbonyl (C=O) groups excluding carboxylic acids is 1. The lowest BCUT2D eigenvalue weighted by Gasteiger charge is -2.19. The molecule has 0 aromatic carbocycles. The summed E-state index contributed by atoms with van der Waals surface area (Å²) in [5, 5.41) is 22.3. The van der Waals surface area contributed by atoms with Crippen molar-refractivity contribution in [3.05, 3.63) is 24.3 Å². The number of carbonyl (C=O) groups is 1. The maximum atomic E-state index is 12.0. The first-order valence-electron chi connectivity index (χ1n) is 12.1. The van der Waals surface area contributed by atoms with Gasteiger partial charge in [-0.3, -0.25) is 4.79 Å². The van der Waals surface area contributed by atoms with Crippen LogP contribution in [-0.2, 0) is 4.79 Å². The minimum Gasteiger partial charge on any atom is -0.394 e. The fourth-order valence-electron chi connectivity index (χ4n) is 3.23. The largest absolute Gasteiger partial charge is 0.394 e. The third-order valence-corrected chi connectivity index (χ3v) is 5.18. The van der Waals surface area contributed by atoms with Crippen molar-refractivity contribution in [1.29, 1.82) is 0 Å². The maximum absolute atomic E-state index is 12.0. The van der Waals surface area contributed by atoms with Crippen molar-refractivity contribution < 1.29 is 15.0 Å². The van der Waals surface area contributed by atoms with E-state index in [1.54, 1.807) is 6.08 Å². The van der Waals surface area contributed by atoms with Gasteiger partial charge in [0.25, 0.3) is 0 Å². The van der Waals surface area contributed by atoms with Crippen LogP contribution in [0.4, 0.5) is 0 Å². The van der Waals surface area contributed by atoms with E-state index < -0.39 is 12.1 Å². The number of nitrogens with one attached hydrogen (secondary N) is 1. The highest BCUT2D eigenvalue weighted by Gasteiger charge is 2.17. The highest BCUT2D eigenvalue weighted by atomic mass is 16.3. The quantitative estimate of drug-likeness (QED) is 0.175. The van der Waals surface area contributed by atoms with Crippen LogP contribution in [0.15, 0.2) is 24.3 Å². The minimum atomic E-state index is -0.833. The molecule has 0 saturated carbocycles. The topological polar surface area (TPSA) is 69.6 Å². The van der Waals surface area contributed by atoms with Gasteiger partial charge in [0.1, 0.15) is 0 Å². The lowest BCUT2D eigenvalue weighted by Crippen LogP contribution is -2.45. The fourth-order valence-corrected chi connectivity index (χ4v) is 3.23. The Morgan fingerprint density at radius 2 is 1.31 bits per heavy atom. The Balaban J connectivity index is 3.72. The van der Waals surface area contributed by atoms with E-state index in [1.807, 2.05) is 6.08 Å². The molecule has 170 valence electrons.